The number of nitrogen functional groups attached to an aromatic ring is 1. The van der Waals surface area contributed by atoms with E-state index in [-0.39, 0.29) is 23.7 Å². The number of carbonyl (C=O) groups is 1. The van der Waals surface area contributed by atoms with Crippen molar-refractivity contribution in [2.45, 2.75) is 12.8 Å². The molecule has 4 aromatic rings. The lowest BCUT2D eigenvalue weighted by Gasteiger charge is -2.10. The van der Waals surface area contributed by atoms with E-state index in [4.69, 9.17) is 10.5 Å². The van der Waals surface area contributed by atoms with Crippen molar-refractivity contribution in [2.24, 2.45) is 0 Å². The Bertz CT molecular complexity index is 1260. The third kappa shape index (κ3) is 4.83. The molecule has 1 aromatic carbocycles. The number of nitrogens with zero attached hydrogens (tertiary/aromatic N) is 4. The van der Waals surface area contributed by atoms with Crippen molar-refractivity contribution in [1.82, 2.24) is 19.6 Å². The smallest absolute Gasteiger partial charge is 0.383 e. The number of carbonyl (C=O) groups excluding carboxylic acids is 1. The molecule has 0 fully saturated rings. The topological polar surface area (TPSA) is 107 Å². The Balaban J connectivity index is 1.46. The molecule has 3 heterocycles. The number of hydrogen-bond acceptors (Lipinski definition) is 6. The fourth-order valence-electron chi connectivity index (χ4n) is 2.95. The normalized spacial score (nSPS) is 11.6. The van der Waals surface area contributed by atoms with Crippen LogP contribution < -0.4 is 11.1 Å². The van der Waals surface area contributed by atoms with Crippen molar-refractivity contribution in [1.29, 1.82) is 0 Å². The van der Waals surface area contributed by atoms with Crippen LogP contribution in [0.5, 0.6) is 0 Å². The molecule has 11 heteroatoms. The summed E-state index contributed by atoms with van der Waals surface area (Å²) in [7, 11) is 0. The van der Waals surface area contributed by atoms with E-state index < -0.39 is 23.5 Å². The molecule has 0 bridgehead atoms. The molecule has 3 N–H and O–H groups in total. The van der Waals surface area contributed by atoms with Gasteiger partial charge in [-0.15, -0.1) is 0 Å². The van der Waals surface area contributed by atoms with Crippen LogP contribution in [-0.2, 0) is 22.3 Å². The summed E-state index contributed by atoms with van der Waals surface area (Å²) in [6.07, 6.45) is -1.97. The zero-order valence-electron chi connectivity index (χ0n) is 16.5. The summed E-state index contributed by atoms with van der Waals surface area (Å²) in [6.45, 7) is 0.124. The number of halogens is 3. The van der Waals surface area contributed by atoms with E-state index >= 15 is 0 Å². The molecular formula is C21H17F3N6O2. The number of aromatic nitrogens is 4. The molecule has 0 atom stereocenters. The number of rotatable bonds is 6. The number of imidazole rings is 1. The fourth-order valence-corrected chi connectivity index (χ4v) is 2.95. The number of nitrogens with two attached hydrogens (primary N) is 1. The third-order valence-corrected chi connectivity index (χ3v) is 4.45. The molecule has 8 nitrogen and oxygen atoms in total. The molecule has 0 aliphatic heterocycles. The molecule has 0 saturated heterocycles. The molecule has 3 aromatic heterocycles. The fraction of sp³-hybridized carbons (Fsp3) is 0.143. The number of hydrogen-bond donors (Lipinski definition) is 2. The van der Waals surface area contributed by atoms with Gasteiger partial charge in [0.15, 0.2) is 11.5 Å². The van der Waals surface area contributed by atoms with Crippen molar-refractivity contribution in [2.75, 3.05) is 17.7 Å². The van der Waals surface area contributed by atoms with Gasteiger partial charge in [-0.1, -0.05) is 30.3 Å². The SMILES string of the molecule is Nc1ncc(-c2ccc3nc(NC(=O)COCc4ccccc4)cn3n2)cc1C(F)(F)F. The Morgan fingerprint density at radius 2 is 1.94 bits per heavy atom. The maximum absolute atomic E-state index is 13.1. The highest BCUT2D eigenvalue weighted by atomic mass is 19.4. The van der Waals surface area contributed by atoms with Crippen LogP contribution in [0.1, 0.15) is 11.1 Å². The van der Waals surface area contributed by atoms with E-state index in [0.717, 1.165) is 11.6 Å². The van der Waals surface area contributed by atoms with Gasteiger partial charge in [-0.2, -0.15) is 18.3 Å². The molecule has 164 valence electrons. The van der Waals surface area contributed by atoms with E-state index in [1.54, 1.807) is 6.07 Å². The first-order chi connectivity index (χ1) is 15.3. The second-order valence-corrected chi connectivity index (χ2v) is 6.83. The maximum Gasteiger partial charge on any atom is 0.419 e. The Labute approximate surface area is 179 Å². The number of ether oxygens (including phenoxy) is 1. The van der Waals surface area contributed by atoms with Crippen molar-refractivity contribution < 1.29 is 22.7 Å². The highest BCUT2D eigenvalue weighted by Crippen LogP contribution is 2.34. The first-order valence-electron chi connectivity index (χ1n) is 9.40. The summed E-state index contributed by atoms with van der Waals surface area (Å²) in [5, 5.41) is 6.85. The van der Waals surface area contributed by atoms with Crippen LogP contribution in [0, 0.1) is 0 Å². The molecule has 0 unspecified atom stereocenters. The summed E-state index contributed by atoms with van der Waals surface area (Å²) in [6, 6.07) is 13.4. The van der Waals surface area contributed by atoms with Crippen LogP contribution in [0.3, 0.4) is 0 Å². The predicted molar refractivity (Wildman–Crippen MR) is 110 cm³/mol. The summed E-state index contributed by atoms with van der Waals surface area (Å²) >= 11 is 0. The van der Waals surface area contributed by atoms with Crippen LogP contribution in [0.2, 0.25) is 0 Å². The van der Waals surface area contributed by atoms with E-state index in [2.05, 4.69) is 20.4 Å². The summed E-state index contributed by atoms with van der Waals surface area (Å²) in [4.78, 5) is 19.9. The van der Waals surface area contributed by atoms with E-state index in [9.17, 15) is 18.0 Å². The van der Waals surface area contributed by atoms with Crippen LogP contribution >= 0.6 is 0 Å². The molecule has 0 spiro atoms. The van der Waals surface area contributed by atoms with Gasteiger partial charge in [-0.25, -0.2) is 14.5 Å². The van der Waals surface area contributed by atoms with E-state index in [1.807, 2.05) is 30.3 Å². The Morgan fingerprint density at radius 3 is 2.69 bits per heavy atom. The zero-order chi connectivity index (χ0) is 22.7. The van der Waals surface area contributed by atoms with Crippen molar-refractivity contribution in [3.63, 3.8) is 0 Å². The highest BCUT2D eigenvalue weighted by Gasteiger charge is 2.34. The van der Waals surface area contributed by atoms with Gasteiger partial charge in [-0.3, -0.25) is 4.79 Å². The monoisotopic (exact) mass is 442 g/mol. The number of anilines is 2. The van der Waals surface area contributed by atoms with Gasteiger partial charge in [0.1, 0.15) is 12.4 Å². The minimum Gasteiger partial charge on any atom is -0.383 e. The molecule has 0 radical (unpaired) electrons. The quantitative estimate of drug-likeness (QED) is 0.473. The maximum atomic E-state index is 13.1. The number of amides is 1. The van der Waals surface area contributed by atoms with Gasteiger partial charge in [0.25, 0.3) is 5.91 Å². The molecule has 4 rings (SSSR count). The first-order valence-corrected chi connectivity index (χ1v) is 9.40. The van der Waals surface area contributed by atoms with Gasteiger partial charge in [0, 0.05) is 11.8 Å². The second-order valence-electron chi connectivity index (χ2n) is 6.83. The minimum absolute atomic E-state index is 0.141. The van der Waals surface area contributed by atoms with Gasteiger partial charge in [-0.05, 0) is 23.8 Å². The summed E-state index contributed by atoms with van der Waals surface area (Å²) in [5.41, 5.74) is 6.02. The van der Waals surface area contributed by atoms with Crippen LogP contribution in [0.25, 0.3) is 16.9 Å². The van der Waals surface area contributed by atoms with Gasteiger partial charge in [0.05, 0.1) is 24.1 Å². The van der Waals surface area contributed by atoms with Crippen molar-refractivity contribution >= 4 is 23.2 Å². The molecular weight excluding hydrogens is 425 g/mol. The lowest BCUT2D eigenvalue weighted by Crippen LogP contribution is -2.18. The van der Waals surface area contributed by atoms with Crippen molar-refractivity contribution in [3.8, 4) is 11.3 Å². The molecule has 1 amide bonds. The van der Waals surface area contributed by atoms with Gasteiger partial charge in [0.2, 0.25) is 0 Å². The summed E-state index contributed by atoms with van der Waals surface area (Å²) in [5.74, 6) is -0.777. The van der Waals surface area contributed by atoms with E-state index in [1.165, 1.54) is 23.0 Å². The largest absolute Gasteiger partial charge is 0.419 e. The van der Waals surface area contributed by atoms with Crippen molar-refractivity contribution in [3.05, 3.63) is 72.1 Å². The number of alkyl halides is 3. The van der Waals surface area contributed by atoms with E-state index in [0.29, 0.717) is 12.3 Å². The lowest BCUT2D eigenvalue weighted by molar-refractivity contribution is -0.137. The number of fused-ring (bicyclic) bond motifs is 1. The van der Waals surface area contributed by atoms with Crippen LogP contribution in [0.4, 0.5) is 24.8 Å². The average Bonchev–Trinajstić information content (AvgIpc) is 3.15. The Morgan fingerprint density at radius 1 is 1.16 bits per heavy atom. The second kappa shape index (κ2) is 8.63. The molecule has 0 aliphatic rings. The van der Waals surface area contributed by atoms with Gasteiger partial charge < -0.3 is 15.8 Å². The zero-order valence-corrected chi connectivity index (χ0v) is 16.5. The first kappa shape index (κ1) is 21.2. The number of pyridine rings is 1. The molecule has 32 heavy (non-hydrogen) atoms. The average molecular weight is 442 g/mol. The Kier molecular flexibility index (Phi) is 5.73. The number of benzene rings is 1. The number of nitrogens with one attached hydrogen (secondary N) is 1. The Hall–Kier alpha value is -3.99. The molecule has 0 aliphatic carbocycles. The van der Waals surface area contributed by atoms with Crippen LogP contribution in [0.15, 0.2) is 60.9 Å². The highest BCUT2D eigenvalue weighted by molar-refractivity contribution is 5.91. The third-order valence-electron chi connectivity index (χ3n) is 4.45. The standard InChI is InChI=1S/C21H17F3N6O2/c22-21(23,24)15-8-14(9-26-20(15)25)16-6-7-18-27-17(10-30(18)29-16)28-19(31)12-32-11-13-4-2-1-3-5-13/h1-10H,11-12H2,(H2,25,26)(H,28,31). The lowest BCUT2D eigenvalue weighted by atomic mass is 10.1. The van der Waals surface area contributed by atoms with Crippen LogP contribution in [-0.4, -0.2) is 32.1 Å². The minimum atomic E-state index is -4.63. The van der Waals surface area contributed by atoms with Gasteiger partial charge >= 0.3 is 6.18 Å². The summed E-state index contributed by atoms with van der Waals surface area (Å²) < 4.78 is 46.0. The molecule has 0 saturated carbocycles. The predicted octanol–water partition coefficient (Wildman–Crippen LogP) is 3.55.